The zero-order valence-electron chi connectivity index (χ0n) is 75.4. The zero-order valence-corrected chi connectivity index (χ0v) is 75.4. The second-order valence-corrected chi connectivity index (χ2v) is 33.9. The van der Waals surface area contributed by atoms with E-state index in [4.69, 9.17) is 9.47 Å². The van der Waals surface area contributed by atoms with Crippen molar-refractivity contribution < 1.29 is 9.47 Å². The number of hydrogen-bond acceptors (Lipinski definition) is 6. The molecule has 0 aromatic heterocycles. The fourth-order valence-electron chi connectivity index (χ4n) is 17.8. The lowest BCUT2D eigenvalue weighted by atomic mass is 9.89. The minimum Gasteiger partial charge on any atom is -0.489 e. The van der Waals surface area contributed by atoms with Crippen LogP contribution in [0.4, 0.5) is 68.2 Å². The van der Waals surface area contributed by atoms with Gasteiger partial charge in [-0.2, -0.15) is 0 Å². The fourth-order valence-corrected chi connectivity index (χ4v) is 17.8. The van der Waals surface area contributed by atoms with Gasteiger partial charge in [0, 0.05) is 68.2 Å². The summed E-state index contributed by atoms with van der Waals surface area (Å²) < 4.78 is 12.3. The molecule has 0 fully saturated rings. The van der Waals surface area contributed by atoms with E-state index in [1.165, 1.54) is 116 Å². The highest BCUT2D eigenvalue weighted by atomic mass is 16.5. The monoisotopic (exact) mass is 1710 g/mol. The van der Waals surface area contributed by atoms with Gasteiger partial charge in [0.25, 0.3) is 0 Å². The molecule has 0 N–H and O–H groups in total. The van der Waals surface area contributed by atoms with Crippen molar-refractivity contribution >= 4 is 80.4 Å². The molecular formula is C126H110N4O2. The van der Waals surface area contributed by atoms with Gasteiger partial charge in [-0.15, -0.1) is 0 Å². The first-order valence-electron chi connectivity index (χ1n) is 46.6. The number of benzene rings is 18. The standard InChI is InChI=1S/C126H110N4O2/c1-5-9-11-17-27-109-89-121(129(113-33-23-15-24-34-113)119-77-65-107(66-78-119)103-57-49-99(50-58-103)97-45-53-101(54-46-97)105-61-73-117(74-62-105)127(111-29-19-13-20-30-111)115-69-37-95(38-70-115)91-131-123-83-41-93(7-3)42-84-123)81-87-125(109)126-88-82-122(90-110(126)28-18-12-10-6-2)130(114-35-25-16-26-36-114)120-79-67-108(68-80-120)104-59-51-100(52-60-104)98-47-55-102(56-48-98)106-63-75-118(76-64-106)128(112-31-21-14-22-32-112)116-71-39-96(40-72-116)92-132-124-85-43-94(8-4)44-86-124/h7-8,13-16,19-26,29-90H,3-6,9-12,17-18,27-28,91-92H2,1-2H3. The smallest absolute Gasteiger partial charge is 0.119 e. The number of anilines is 12. The maximum Gasteiger partial charge on any atom is 0.119 e. The molecule has 0 bridgehead atoms. The molecule has 0 aliphatic rings. The van der Waals surface area contributed by atoms with Gasteiger partial charge in [-0.1, -0.05) is 357 Å². The van der Waals surface area contributed by atoms with Crippen molar-refractivity contribution in [1.82, 2.24) is 0 Å². The second-order valence-electron chi connectivity index (χ2n) is 33.9. The summed E-state index contributed by atoms with van der Waals surface area (Å²) in [6.45, 7) is 13.3. The summed E-state index contributed by atoms with van der Waals surface area (Å²) in [6.07, 6.45) is 15.1. The average molecular weight is 1710 g/mol. The Morgan fingerprint density at radius 2 is 0.409 bits per heavy atom. The van der Waals surface area contributed by atoms with E-state index >= 15 is 0 Å². The Hall–Kier alpha value is -15.8. The molecule has 0 aliphatic carbocycles. The lowest BCUT2D eigenvalue weighted by Crippen LogP contribution is -2.11. The van der Waals surface area contributed by atoms with Crippen LogP contribution in [0, 0.1) is 0 Å². The first-order valence-corrected chi connectivity index (χ1v) is 46.6. The maximum atomic E-state index is 6.13. The summed E-state index contributed by atoms with van der Waals surface area (Å²) in [5, 5.41) is 0. The van der Waals surface area contributed by atoms with Crippen molar-refractivity contribution in [2.24, 2.45) is 0 Å². The predicted octanol–water partition coefficient (Wildman–Crippen LogP) is 35.9. The first-order chi connectivity index (χ1) is 65.2. The molecule has 18 aromatic rings. The van der Waals surface area contributed by atoms with Crippen molar-refractivity contribution in [2.45, 2.75) is 91.3 Å². The Bertz CT molecular complexity index is 6340. The van der Waals surface area contributed by atoms with E-state index in [1.807, 2.05) is 60.7 Å². The van der Waals surface area contributed by atoms with Gasteiger partial charge in [0.1, 0.15) is 24.7 Å². The lowest BCUT2D eigenvalue weighted by Gasteiger charge is -2.28. The van der Waals surface area contributed by atoms with E-state index in [-0.39, 0.29) is 0 Å². The Morgan fingerprint density at radius 1 is 0.205 bits per heavy atom. The summed E-state index contributed by atoms with van der Waals surface area (Å²) in [6, 6.07) is 163. The third kappa shape index (κ3) is 21.0. The molecule has 132 heavy (non-hydrogen) atoms. The molecule has 0 atom stereocenters. The van der Waals surface area contributed by atoms with Crippen molar-refractivity contribution in [1.29, 1.82) is 0 Å². The summed E-state index contributed by atoms with van der Waals surface area (Å²) in [5.74, 6) is 1.67. The summed E-state index contributed by atoms with van der Waals surface area (Å²) >= 11 is 0. The van der Waals surface area contributed by atoms with E-state index in [0.717, 1.165) is 139 Å². The van der Waals surface area contributed by atoms with Crippen LogP contribution in [0.3, 0.4) is 0 Å². The molecule has 18 aromatic carbocycles. The summed E-state index contributed by atoms with van der Waals surface area (Å²) in [5.41, 5.74) is 37.0. The molecule has 18 rings (SSSR count). The van der Waals surface area contributed by atoms with Crippen molar-refractivity contribution in [2.75, 3.05) is 19.6 Å². The van der Waals surface area contributed by atoms with Gasteiger partial charge < -0.3 is 29.1 Å². The van der Waals surface area contributed by atoms with E-state index in [1.54, 1.807) is 0 Å². The predicted molar refractivity (Wildman–Crippen MR) is 561 cm³/mol. The largest absolute Gasteiger partial charge is 0.489 e. The zero-order chi connectivity index (χ0) is 89.6. The van der Waals surface area contributed by atoms with Crippen LogP contribution in [0.25, 0.3) is 90.0 Å². The number of rotatable bonds is 37. The SMILES string of the molecule is C=Cc1ccc(OCc2ccc(N(c3ccccc3)c3ccc(-c4ccc(-c5ccc(-c6ccc(N(c7ccccc7)c7ccc(-c8ccc(N(c9ccccc9)c9ccc(-c%10ccc(-c%11ccc(-c%12ccc(N(c%13ccccc%13)c%13ccc(COc%14ccc(C=C)cc%14)cc%13)cc%12)cc%11)cc%10)cc9)cc8CCCCCC)c(CCCCCC)c7)cc6)cc5)cc4)cc3)cc2)cc1. The second kappa shape index (κ2) is 42.4. The third-order valence-corrected chi connectivity index (χ3v) is 25.1. The molecule has 6 heteroatoms. The van der Waals surface area contributed by atoms with E-state index in [9.17, 15) is 0 Å². The number of aryl methyl sites for hydroxylation is 2. The fraction of sp³-hybridized carbons (Fsp3) is 0.111. The molecule has 6 nitrogen and oxygen atoms in total. The lowest BCUT2D eigenvalue weighted by molar-refractivity contribution is 0.306. The number of nitrogens with zero attached hydrogens (tertiary/aromatic N) is 4. The Kier molecular flexibility index (Phi) is 28.0. The Morgan fingerprint density at radius 3 is 0.636 bits per heavy atom. The minimum absolute atomic E-state index is 0.482. The normalized spacial score (nSPS) is 11.1. The van der Waals surface area contributed by atoms with Crippen LogP contribution in [0.15, 0.2) is 462 Å². The number of unbranched alkanes of at least 4 members (excludes halogenated alkanes) is 6. The van der Waals surface area contributed by atoms with Gasteiger partial charge >= 0.3 is 0 Å². The van der Waals surface area contributed by atoms with Crippen molar-refractivity contribution in [3.8, 4) is 89.4 Å². The van der Waals surface area contributed by atoms with Gasteiger partial charge in [0.05, 0.1) is 0 Å². The van der Waals surface area contributed by atoms with Crippen LogP contribution >= 0.6 is 0 Å². The molecule has 0 spiro atoms. The van der Waals surface area contributed by atoms with Crippen LogP contribution < -0.4 is 29.1 Å². The molecule has 0 amide bonds. The molecule has 0 unspecified atom stereocenters. The summed E-state index contributed by atoms with van der Waals surface area (Å²) in [4.78, 5) is 9.47. The van der Waals surface area contributed by atoms with E-state index < -0.39 is 0 Å². The highest BCUT2D eigenvalue weighted by molar-refractivity contribution is 5.87. The first kappa shape index (κ1) is 87.0. The molecule has 0 saturated heterocycles. The molecule has 0 aliphatic heterocycles. The molecule has 646 valence electrons. The van der Waals surface area contributed by atoms with Gasteiger partial charge in [-0.05, 0) is 307 Å². The van der Waals surface area contributed by atoms with Crippen LogP contribution in [-0.2, 0) is 26.1 Å². The molecule has 0 radical (unpaired) electrons. The Balaban J connectivity index is 0.555. The van der Waals surface area contributed by atoms with Crippen LogP contribution in [-0.4, -0.2) is 0 Å². The summed E-state index contributed by atoms with van der Waals surface area (Å²) in [7, 11) is 0. The number of ether oxygens (including phenoxy) is 2. The quantitative estimate of drug-likeness (QED) is 0.0361. The number of para-hydroxylation sites is 4. The number of hydrogen-bond donors (Lipinski definition) is 0. The highest BCUT2D eigenvalue weighted by Gasteiger charge is 2.23. The van der Waals surface area contributed by atoms with Crippen LogP contribution in [0.1, 0.15) is 98.6 Å². The van der Waals surface area contributed by atoms with E-state index in [2.05, 4.69) is 447 Å². The molecule has 0 heterocycles. The highest BCUT2D eigenvalue weighted by Crippen LogP contribution is 2.46. The maximum absolute atomic E-state index is 6.13. The van der Waals surface area contributed by atoms with Crippen molar-refractivity contribution in [3.63, 3.8) is 0 Å². The van der Waals surface area contributed by atoms with Gasteiger partial charge in [-0.3, -0.25) is 0 Å². The molecular weight excluding hydrogens is 1600 g/mol. The third-order valence-electron chi connectivity index (χ3n) is 25.1. The van der Waals surface area contributed by atoms with E-state index in [0.29, 0.717) is 13.2 Å². The average Bonchev–Trinajstić information content (AvgIpc) is 0.765. The minimum atomic E-state index is 0.482. The van der Waals surface area contributed by atoms with Gasteiger partial charge in [0.2, 0.25) is 0 Å². The van der Waals surface area contributed by atoms with Gasteiger partial charge in [-0.25, -0.2) is 0 Å². The van der Waals surface area contributed by atoms with Crippen molar-refractivity contribution in [3.05, 3.63) is 495 Å². The Labute approximate surface area is 780 Å². The van der Waals surface area contributed by atoms with Gasteiger partial charge in [0.15, 0.2) is 0 Å². The van der Waals surface area contributed by atoms with Crippen LogP contribution in [0.2, 0.25) is 0 Å². The topological polar surface area (TPSA) is 31.4 Å². The van der Waals surface area contributed by atoms with Crippen LogP contribution in [0.5, 0.6) is 11.5 Å². The molecule has 0 saturated carbocycles.